The summed E-state index contributed by atoms with van der Waals surface area (Å²) >= 11 is 0. The van der Waals surface area contributed by atoms with Crippen molar-refractivity contribution in [3.8, 4) is 6.07 Å². The fraction of sp³-hybridized carbons (Fsp3) is 0.429. The SMILES string of the molecule is CCN(CC(C)C#N)C(=O)NCc1cc(C(=O)O)ccn1. The smallest absolute Gasteiger partial charge is 0.335 e. The third kappa shape index (κ3) is 5.10. The summed E-state index contributed by atoms with van der Waals surface area (Å²) in [5.74, 6) is -1.29. The Kier molecular flexibility index (Phi) is 6.14. The first kappa shape index (κ1) is 16.4. The van der Waals surface area contributed by atoms with Crippen LogP contribution >= 0.6 is 0 Å². The van der Waals surface area contributed by atoms with Crippen LogP contribution in [0.3, 0.4) is 0 Å². The molecule has 0 bridgehead atoms. The van der Waals surface area contributed by atoms with E-state index in [-0.39, 0.29) is 24.1 Å². The first-order valence-corrected chi connectivity index (χ1v) is 6.58. The Morgan fingerprint density at radius 1 is 1.57 bits per heavy atom. The Morgan fingerprint density at radius 2 is 2.29 bits per heavy atom. The van der Waals surface area contributed by atoms with Gasteiger partial charge in [0, 0.05) is 19.3 Å². The van der Waals surface area contributed by atoms with Crippen LogP contribution < -0.4 is 5.32 Å². The van der Waals surface area contributed by atoms with Crippen LogP contribution in [0, 0.1) is 17.2 Å². The van der Waals surface area contributed by atoms with E-state index in [0.29, 0.717) is 18.8 Å². The van der Waals surface area contributed by atoms with Gasteiger partial charge in [-0.05, 0) is 26.0 Å². The molecule has 0 saturated heterocycles. The lowest BCUT2D eigenvalue weighted by Crippen LogP contribution is -2.41. The van der Waals surface area contributed by atoms with Crippen LogP contribution in [0.2, 0.25) is 0 Å². The van der Waals surface area contributed by atoms with E-state index in [9.17, 15) is 9.59 Å². The maximum Gasteiger partial charge on any atom is 0.335 e. The van der Waals surface area contributed by atoms with Crippen LogP contribution in [0.5, 0.6) is 0 Å². The molecule has 1 heterocycles. The van der Waals surface area contributed by atoms with Crippen LogP contribution in [0.4, 0.5) is 4.79 Å². The van der Waals surface area contributed by atoms with E-state index in [1.54, 1.807) is 6.92 Å². The van der Waals surface area contributed by atoms with Crippen LogP contribution in [-0.4, -0.2) is 40.1 Å². The highest BCUT2D eigenvalue weighted by atomic mass is 16.4. The average Bonchev–Trinajstić information content (AvgIpc) is 2.50. The summed E-state index contributed by atoms with van der Waals surface area (Å²) < 4.78 is 0. The van der Waals surface area contributed by atoms with E-state index in [0.717, 1.165) is 0 Å². The number of nitrogens with zero attached hydrogens (tertiary/aromatic N) is 3. The van der Waals surface area contributed by atoms with E-state index >= 15 is 0 Å². The summed E-state index contributed by atoms with van der Waals surface area (Å²) in [7, 11) is 0. The molecule has 1 rings (SSSR count). The van der Waals surface area contributed by atoms with Crippen LogP contribution in [-0.2, 0) is 6.54 Å². The lowest BCUT2D eigenvalue weighted by Gasteiger charge is -2.22. The lowest BCUT2D eigenvalue weighted by molar-refractivity contribution is 0.0696. The van der Waals surface area contributed by atoms with Crippen LogP contribution in [0.1, 0.15) is 29.9 Å². The highest BCUT2D eigenvalue weighted by Gasteiger charge is 2.14. The van der Waals surface area contributed by atoms with Gasteiger partial charge in [0.05, 0.1) is 29.8 Å². The highest BCUT2D eigenvalue weighted by molar-refractivity contribution is 5.87. The number of aromatic nitrogens is 1. The number of carboxylic acid groups (broad SMARTS) is 1. The fourth-order valence-electron chi connectivity index (χ4n) is 1.71. The number of amides is 2. The first-order chi connectivity index (χ1) is 9.97. The van der Waals surface area contributed by atoms with Crippen molar-refractivity contribution in [1.29, 1.82) is 5.26 Å². The molecule has 7 nitrogen and oxygen atoms in total. The third-order valence-electron chi connectivity index (χ3n) is 2.87. The zero-order valence-corrected chi connectivity index (χ0v) is 12.0. The van der Waals surface area contributed by atoms with Crippen molar-refractivity contribution in [1.82, 2.24) is 15.2 Å². The Balaban J connectivity index is 2.61. The number of rotatable bonds is 6. The molecule has 0 saturated carbocycles. The van der Waals surface area contributed by atoms with E-state index in [1.807, 2.05) is 6.92 Å². The minimum atomic E-state index is -1.04. The number of hydrogen-bond donors (Lipinski definition) is 2. The fourth-order valence-corrected chi connectivity index (χ4v) is 1.71. The van der Waals surface area contributed by atoms with Crippen molar-refractivity contribution in [3.63, 3.8) is 0 Å². The number of hydrogen-bond acceptors (Lipinski definition) is 4. The molecule has 112 valence electrons. The van der Waals surface area contributed by atoms with Crippen molar-refractivity contribution in [2.45, 2.75) is 20.4 Å². The summed E-state index contributed by atoms with van der Waals surface area (Å²) in [6.45, 7) is 4.54. The molecule has 0 aliphatic carbocycles. The Bertz CT molecular complexity index is 553. The number of pyridine rings is 1. The third-order valence-corrected chi connectivity index (χ3v) is 2.87. The number of carboxylic acids is 1. The molecule has 0 fully saturated rings. The van der Waals surface area contributed by atoms with Gasteiger partial charge in [0.15, 0.2) is 0 Å². The van der Waals surface area contributed by atoms with Crippen molar-refractivity contribution >= 4 is 12.0 Å². The number of nitriles is 1. The number of urea groups is 1. The van der Waals surface area contributed by atoms with Gasteiger partial charge in [0.1, 0.15) is 0 Å². The molecule has 0 aliphatic rings. The summed E-state index contributed by atoms with van der Waals surface area (Å²) in [5.41, 5.74) is 0.590. The summed E-state index contributed by atoms with van der Waals surface area (Å²) in [6.07, 6.45) is 1.39. The molecule has 0 aliphatic heterocycles. The Labute approximate surface area is 123 Å². The van der Waals surface area contributed by atoms with E-state index < -0.39 is 5.97 Å². The summed E-state index contributed by atoms with van der Waals surface area (Å²) in [4.78, 5) is 28.4. The molecular weight excluding hydrogens is 272 g/mol. The molecule has 1 unspecified atom stereocenters. The number of aromatic carboxylic acids is 1. The molecule has 7 heteroatoms. The van der Waals surface area contributed by atoms with E-state index in [4.69, 9.17) is 10.4 Å². The van der Waals surface area contributed by atoms with Gasteiger partial charge in [-0.2, -0.15) is 5.26 Å². The van der Waals surface area contributed by atoms with E-state index in [2.05, 4.69) is 16.4 Å². The molecule has 2 amide bonds. The summed E-state index contributed by atoms with van der Waals surface area (Å²) in [6, 6.07) is 4.58. The molecule has 0 spiro atoms. The average molecular weight is 290 g/mol. The number of carbonyl (C=O) groups is 2. The van der Waals surface area contributed by atoms with Crippen molar-refractivity contribution < 1.29 is 14.7 Å². The lowest BCUT2D eigenvalue weighted by atomic mass is 10.2. The second-order valence-corrected chi connectivity index (χ2v) is 4.57. The van der Waals surface area contributed by atoms with Gasteiger partial charge in [-0.15, -0.1) is 0 Å². The highest BCUT2D eigenvalue weighted by Crippen LogP contribution is 2.03. The van der Waals surface area contributed by atoms with Gasteiger partial charge in [0.25, 0.3) is 0 Å². The predicted octanol–water partition coefficient (Wildman–Crippen LogP) is 1.47. The van der Waals surface area contributed by atoms with E-state index in [1.165, 1.54) is 23.2 Å². The van der Waals surface area contributed by atoms with Crippen molar-refractivity contribution in [2.24, 2.45) is 5.92 Å². The van der Waals surface area contributed by atoms with Crippen molar-refractivity contribution in [2.75, 3.05) is 13.1 Å². The topological polar surface area (TPSA) is 106 Å². The molecular formula is C14H18N4O3. The molecule has 1 atom stereocenters. The van der Waals surface area contributed by atoms with Gasteiger partial charge < -0.3 is 15.3 Å². The molecule has 21 heavy (non-hydrogen) atoms. The molecule has 2 N–H and O–H groups in total. The Morgan fingerprint density at radius 3 is 2.86 bits per heavy atom. The maximum atomic E-state index is 12.0. The maximum absolute atomic E-state index is 12.0. The molecule has 0 aromatic carbocycles. The zero-order valence-electron chi connectivity index (χ0n) is 12.0. The number of carbonyl (C=O) groups excluding carboxylic acids is 1. The minimum Gasteiger partial charge on any atom is -0.478 e. The van der Waals surface area contributed by atoms with Crippen LogP contribution in [0.15, 0.2) is 18.3 Å². The van der Waals surface area contributed by atoms with Crippen molar-refractivity contribution in [3.05, 3.63) is 29.6 Å². The second-order valence-electron chi connectivity index (χ2n) is 4.57. The quantitative estimate of drug-likeness (QED) is 0.825. The first-order valence-electron chi connectivity index (χ1n) is 6.58. The molecule has 0 radical (unpaired) electrons. The van der Waals surface area contributed by atoms with Gasteiger partial charge in [-0.25, -0.2) is 9.59 Å². The largest absolute Gasteiger partial charge is 0.478 e. The predicted molar refractivity (Wildman–Crippen MR) is 75.5 cm³/mol. The summed E-state index contributed by atoms with van der Waals surface area (Å²) in [5, 5.41) is 20.3. The number of nitrogens with one attached hydrogen (secondary N) is 1. The normalized spacial score (nSPS) is 11.3. The zero-order chi connectivity index (χ0) is 15.8. The monoisotopic (exact) mass is 290 g/mol. The van der Waals surface area contributed by atoms with Gasteiger partial charge in [-0.1, -0.05) is 0 Å². The standard InChI is InChI=1S/C14H18N4O3/c1-3-18(9-10(2)7-15)14(21)17-8-12-6-11(13(19)20)4-5-16-12/h4-6,10H,3,8-9H2,1-2H3,(H,17,21)(H,19,20). The molecule has 1 aromatic rings. The molecule has 1 aromatic heterocycles. The second kappa shape index (κ2) is 7.85. The van der Waals surface area contributed by atoms with Gasteiger partial charge in [0.2, 0.25) is 0 Å². The van der Waals surface area contributed by atoms with Gasteiger partial charge >= 0.3 is 12.0 Å². The van der Waals surface area contributed by atoms with Crippen LogP contribution in [0.25, 0.3) is 0 Å². The van der Waals surface area contributed by atoms with Gasteiger partial charge in [-0.3, -0.25) is 4.98 Å². The minimum absolute atomic E-state index is 0.125. The Hall–Kier alpha value is -2.62.